The van der Waals surface area contributed by atoms with Gasteiger partial charge in [0, 0.05) is 27.9 Å². The third-order valence-corrected chi connectivity index (χ3v) is 7.70. The Kier molecular flexibility index (Phi) is 11.0. The second kappa shape index (κ2) is 14.0. The standard InChI is InChI=1S/C29H37BrClN3O3/c1-18(2)15-26(34-27(35)19(3)32-28(36)21-13-11-20(17-30)12-14-21)29(37)33-25-10-5-4-9-24(25)22-7-6-8-23(31)16-22/h6-8,11-14,16,18-19,24-26H,4-5,9-10,15,17H2,1-3H3,(H,32,36)(H,33,37)(H,34,35)/t19-,24-,25+,26-/m0/s1. The van der Waals surface area contributed by atoms with E-state index in [0.29, 0.717) is 22.3 Å². The van der Waals surface area contributed by atoms with Crippen LogP contribution in [-0.4, -0.2) is 35.8 Å². The van der Waals surface area contributed by atoms with Crippen molar-refractivity contribution in [3.8, 4) is 0 Å². The minimum absolute atomic E-state index is 0.0223. The average molecular weight is 591 g/mol. The van der Waals surface area contributed by atoms with Gasteiger partial charge in [-0.3, -0.25) is 14.4 Å². The molecule has 0 bridgehead atoms. The van der Waals surface area contributed by atoms with E-state index in [2.05, 4.69) is 37.9 Å². The summed E-state index contributed by atoms with van der Waals surface area (Å²) in [5, 5.41) is 10.2. The molecule has 2 aromatic rings. The van der Waals surface area contributed by atoms with Crippen LogP contribution in [0.4, 0.5) is 0 Å². The summed E-state index contributed by atoms with van der Waals surface area (Å²) in [5.74, 6) is -0.531. The fraction of sp³-hybridized carbons (Fsp3) is 0.483. The molecular formula is C29H37BrClN3O3. The smallest absolute Gasteiger partial charge is 0.251 e. The number of halogens is 2. The Morgan fingerprint density at radius 3 is 2.32 bits per heavy atom. The second-order valence-corrected chi connectivity index (χ2v) is 11.3. The first-order valence-corrected chi connectivity index (χ1v) is 14.5. The van der Waals surface area contributed by atoms with Crippen molar-refractivity contribution in [2.75, 3.05) is 0 Å². The first-order valence-electron chi connectivity index (χ1n) is 13.0. The lowest BCUT2D eigenvalue weighted by Crippen LogP contribution is -2.55. The van der Waals surface area contributed by atoms with Gasteiger partial charge < -0.3 is 16.0 Å². The number of hydrogen-bond donors (Lipinski definition) is 3. The number of alkyl halides is 1. The molecule has 2 aromatic carbocycles. The Labute approximate surface area is 233 Å². The number of nitrogens with one attached hydrogen (secondary N) is 3. The van der Waals surface area contributed by atoms with E-state index >= 15 is 0 Å². The van der Waals surface area contributed by atoms with Crippen LogP contribution >= 0.6 is 27.5 Å². The molecule has 6 nitrogen and oxygen atoms in total. The third-order valence-electron chi connectivity index (χ3n) is 6.82. The van der Waals surface area contributed by atoms with E-state index < -0.39 is 12.1 Å². The van der Waals surface area contributed by atoms with Gasteiger partial charge in [0.15, 0.2) is 0 Å². The molecule has 3 N–H and O–H groups in total. The van der Waals surface area contributed by atoms with Gasteiger partial charge in [0.05, 0.1) is 0 Å². The highest BCUT2D eigenvalue weighted by Crippen LogP contribution is 2.34. The van der Waals surface area contributed by atoms with Gasteiger partial charge in [-0.1, -0.05) is 78.5 Å². The zero-order valence-electron chi connectivity index (χ0n) is 21.7. The fourth-order valence-corrected chi connectivity index (χ4v) is 5.39. The maximum Gasteiger partial charge on any atom is 0.251 e. The van der Waals surface area contributed by atoms with Crippen LogP contribution in [0.1, 0.15) is 80.3 Å². The highest BCUT2D eigenvalue weighted by Gasteiger charge is 2.31. The highest BCUT2D eigenvalue weighted by molar-refractivity contribution is 9.08. The quantitative estimate of drug-likeness (QED) is 0.309. The Bertz CT molecular complexity index is 1080. The van der Waals surface area contributed by atoms with Crippen molar-refractivity contribution in [3.63, 3.8) is 0 Å². The lowest BCUT2D eigenvalue weighted by Gasteiger charge is -2.34. The lowest BCUT2D eigenvalue weighted by molar-refractivity contribution is -0.130. The monoisotopic (exact) mass is 589 g/mol. The number of benzene rings is 2. The molecule has 0 saturated heterocycles. The van der Waals surface area contributed by atoms with E-state index in [1.54, 1.807) is 19.1 Å². The predicted octanol–water partition coefficient (Wildman–Crippen LogP) is 5.73. The zero-order chi connectivity index (χ0) is 26.9. The van der Waals surface area contributed by atoms with Crippen molar-refractivity contribution < 1.29 is 14.4 Å². The molecule has 0 radical (unpaired) electrons. The molecule has 0 aliphatic heterocycles. The van der Waals surface area contributed by atoms with Gasteiger partial charge in [-0.25, -0.2) is 0 Å². The molecule has 0 heterocycles. The van der Waals surface area contributed by atoms with Gasteiger partial charge in [0.1, 0.15) is 12.1 Å². The van der Waals surface area contributed by atoms with E-state index in [9.17, 15) is 14.4 Å². The Hall–Kier alpha value is -2.38. The maximum atomic E-state index is 13.4. The fourth-order valence-electron chi connectivity index (χ4n) is 4.81. The summed E-state index contributed by atoms with van der Waals surface area (Å²) in [6.45, 7) is 5.66. The van der Waals surface area contributed by atoms with Gasteiger partial charge >= 0.3 is 0 Å². The normalized spacial score (nSPS) is 19.1. The summed E-state index contributed by atoms with van der Waals surface area (Å²) < 4.78 is 0. The SMILES string of the molecule is CC(C)C[C@H](NC(=O)[C@H](C)NC(=O)c1ccc(CBr)cc1)C(=O)N[C@@H]1CCCC[C@H]1c1cccc(Cl)c1. The van der Waals surface area contributed by atoms with Crippen molar-refractivity contribution in [2.45, 2.75) is 82.2 Å². The molecule has 0 unspecified atom stereocenters. The molecule has 4 atom stereocenters. The van der Waals surface area contributed by atoms with Crippen LogP contribution in [0, 0.1) is 5.92 Å². The van der Waals surface area contributed by atoms with E-state index in [1.807, 2.05) is 44.2 Å². The molecule has 3 rings (SSSR count). The number of hydrogen-bond acceptors (Lipinski definition) is 3. The summed E-state index contributed by atoms with van der Waals surface area (Å²) in [6, 6.07) is 13.5. The van der Waals surface area contributed by atoms with Gasteiger partial charge in [-0.2, -0.15) is 0 Å². The van der Waals surface area contributed by atoms with Gasteiger partial charge in [0.2, 0.25) is 11.8 Å². The predicted molar refractivity (Wildman–Crippen MR) is 152 cm³/mol. The summed E-state index contributed by atoms with van der Waals surface area (Å²) >= 11 is 9.62. The molecule has 8 heteroatoms. The van der Waals surface area contributed by atoms with Crippen LogP contribution in [0.15, 0.2) is 48.5 Å². The number of carbonyl (C=O) groups is 3. The van der Waals surface area contributed by atoms with Crippen LogP contribution < -0.4 is 16.0 Å². The minimum atomic E-state index is -0.792. The molecule has 0 spiro atoms. The molecule has 1 aliphatic carbocycles. The first-order chi connectivity index (χ1) is 17.7. The van der Waals surface area contributed by atoms with Crippen molar-refractivity contribution >= 4 is 45.3 Å². The van der Waals surface area contributed by atoms with Crippen molar-refractivity contribution in [3.05, 3.63) is 70.2 Å². The molecule has 1 saturated carbocycles. The topological polar surface area (TPSA) is 87.3 Å². The lowest BCUT2D eigenvalue weighted by atomic mass is 9.80. The van der Waals surface area contributed by atoms with Gasteiger partial charge in [-0.15, -0.1) is 0 Å². The van der Waals surface area contributed by atoms with Gasteiger partial charge in [0.25, 0.3) is 5.91 Å². The number of carbonyl (C=O) groups excluding carboxylic acids is 3. The zero-order valence-corrected chi connectivity index (χ0v) is 24.1. The summed E-state index contributed by atoms with van der Waals surface area (Å²) in [5.41, 5.74) is 2.66. The third kappa shape index (κ3) is 8.57. The molecule has 200 valence electrons. The van der Waals surface area contributed by atoms with E-state index in [0.717, 1.165) is 36.8 Å². The van der Waals surface area contributed by atoms with Crippen molar-refractivity contribution in [2.24, 2.45) is 5.92 Å². The van der Waals surface area contributed by atoms with E-state index in [1.165, 1.54) is 0 Å². The van der Waals surface area contributed by atoms with Crippen molar-refractivity contribution in [1.29, 1.82) is 0 Å². The second-order valence-electron chi connectivity index (χ2n) is 10.3. The molecule has 0 aromatic heterocycles. The van der Waals surface area contributed by atoms with Gasteiger partial charge in [-0.05, 0) is 67.5 Å². The summed E-state index contributed by atoms with van der Waals surface area (Å²) in [7, 11) is 0. The molecular weight excluding hydrogens is 554 g/mol. The van der Waals surface area contributed by atoms with Crippen LogP contribution in [0.2, 0.25) is 5.02 Å². The van der Waals surface area contributed by atoms with E-state index in [-0.39, 0.29) is 35.6 Å². The van der Waals surface area contributed by atoms with Crippen molar-refractivity contribution in [1.82, 2.24) is 16.0 Å². The summed E-state index contributed by atoms with van der Waals surface area (Å²) in [6.07, 6.45) is 4.51. The Morgan fingerprint density at radius 2 is 1.68 bits per heavy atom. The molecule has 3 amide bonds. The molecule has 1 fully saturated rings. The van der Waals surface area contributed by atoms with Crippen LogP contribution in [-0.2, 0) is 14.9 Å². The maximum absolute atomic E-state index is 13.4. The number of amides is 3. The Morgan fingerprint density at radius 1 is 0.973 bits per heavy atom. The largest absolute Gasteiger partial charge is 0.351 e. The average Bonchev–Trinajstić information content (AvgIpc) is 2.88. The Balaban J connectivity index is 1.64. The molecule has 37 heavy (non-hydrogen) atoms. The number of rotatable bonds is 10. The van der Waals surface area contributed by atoms with E-state index in [4.69, 9.17) is 11.6 Å². The summed E-state index contributed by atoms with van der Waals surface area (Å²) in [4.78, 5) is 39.0. The minimum Gasteiger partial charge on any atom is -0.351 e. The van der Waals surface area contributed by atoms with Crippen LogP contribution in [0.3, 0.4) is 0 Å². The van der Waals surface area contributed by atoms with Crippen LogP contribution in [0.25, 0.3) is 0 Å². The molecule has 1 aliphatic rings. The van der Waals surface area contributed by atoms with Crippen LogP contribution in [0.5, 0.6) is 0 Å². The highest BCUT2D eigenvalue weighted by atomic mass is 79.9. The first kappa shape index (κ1) is 29.2.